The minimum absolute atomic E-state index is 0.655. The Morgan fingerprint density at radius 1 is 0.333 bits per heavy atom. The molecular formula is C51H29N3OS2. The molecule has 0 aliphatic carbocycles. The lowest BCUT2D eigenvalue weighted by atomic mass is 9.92. The summed E-state index contributed by atoms with van der Waals surface area (Å²) in [7, 11) is 0. The Hall–Kier alpha value is -6.99. The maximum absolute atomic E-state index is 6.40. The van der Waals surface area contributed by atoms with E-state index in [0.717, 1.165) is 43.3 Å². The molecule has 0 aliphatic heterocycles. The largest absolute Gasteiger partial charge is 0.456 e. The standard InChI is InChI=1S/C51H29N3OS2/c1-3-14-30(15-4-1)49-52-50(31-16-5-2-6-17-31)54-51(53-49)39-24-12-23-36-35-22-11-20-33(47(35)57-48(36)39)32-28-40(46-38-19-8-10-27-43(38)56-44(46)29-32)34-21-13-26-42-45(34)37-18-7-9-25-41(37)55-42/h1-29H. The molecule has 0 unspecified atom stereocenters. The van der Waals surface area contributed by atoms with Gasteiger partial charge in [0.15, 0.2) is 17.5 Å². The second-order valence-electron chi connectivity index (χ2n) is 14.3. The van der Waals surface area contributed by atoms with E-state index in [4.69, 9.17) is 19.4 Å². The molecule has 0 atom stereocenters. The SMILES string of the molecule is c1ccc(-c2nc(-c3ccccc3)nc(-c3cccc4c3sc3c(-c5cc(-c6cccc7oc8ccccc8c67)c6c(c5)sc5ccccc56)cccc34)n2)cc1. The van der Waals surface area contributed by atoms with E-state index in [-0.39, 0.29) is 0 Å². The summed E-state index contributed by atoms with van der Waals surface area (Å²) in [5.74, 6) is 1.97. The van der Waals surface area contributed by atoms with Crippen molar-refractivity contribution in [3.05, 3.63) is 176 Å². The van der Waals surface area contributed by atoms with Crippen LogP contribution in [0.5, 0.6) is 0 Å². The van der Waals surface area contributed by atoms with E-state index in [9.17, 15) is 0 Å². The molecule has 0 spiro atoms. The predicted molar refractivity (Wildman–Crippen MR) is 240 cm³/mol. The van der Waals surface area contributed by atoms with Crippen molar-refractivity contribution >= 4 is 85.0 Å². The van der Waals surface area contributed by atoms with Crippen molar-refractivity contribution < 1.29 is 4.42 Å². The first-order chi connectivity index (χ1) is 28.2. The lowest BCUT2D eigenvalue weighted by Gasteiger charge is -2.11. The van der Waals surface area contributed by atoms with Gasteiger partial charge in [0.25, 0.3) is 0 Å². The average molecular weight is 764 g/mol. The van der Waals surface area contributed by atoms with Crippen LogP contribution in [-0.2, 0) is 0 Å². The van der Waals surface area contributed by atoms with Crippen LogP contribution in [0.3, 0.4) is 0 Å². The third kappa shape index (κ3) is 5.15. The Bertz CT molecular complexity index is 3470. The molecule has 266 valence electrons. The van der Waals surface area contributed by atoms with Gasteiger partial charge in [0.1, 0.15) is 11.2 Å². The van der Waals surface area contributed by atoms with Crippen LogP contribution in [0.2, 0.25) is 0 Å². The van der Waals surface area contributed by atoms with E-state index in [2.05, 4.69) is 133 Å². The summed E-state index contributed by atoms with van der Waals surface area (Å²) in [6.45, 7) is 0. The zero-order valence-corrected chi connectivity index (χ0v) is 31.9. The van der Waals surface area contributed by atoms with Crippen molar-refractivity contribution in [1.82, 2.24) is 15.0 Å². The van der Waals surface area contributed by atoms with Crippen molar-refractivity contribution in [3.8, 4) is 56.4 Å². The fourth-order valence-electron chi connectivity index (χ4n) is 8.37. The van der Waals surface area contributed by atoms with Gasteiger partial charge in [-0.3, -0.25) is 0 Å². The Morgan fingerprint density at radius 2 is 0.895 bits per heavy atom. The average Bonchev–Trinajstić information content (AvgIpc) is 3.98. The van der Waals surface area contributed by atoms with Crippen LogP contribution in [0.15, 0.2) is 180 Å². The third-order valence-electron chi connectivity index (χ3n) is 10.9. The number of nitrogens with zero attached hydrogens (tertiary/aromatic N) is 3. The van der Waals surface area contributed by atoms with Crippen LogP contribution in [0.1, 0.15) is 0 Å². The number of thiophene rings is 2. The molecule has 12 aromatic rings. The molecule has 0 saturated heterocycles. The lowest BCUT2D eigenvalue weighted by Crippen LogP contribution is -2.00. The molecule has 57 heavy (non-hydrogen) atoms. The van der Waals surface area contributed by atoms with E-state index in [0.29, 0.717) is 17.5 Å². The first-order valence-electron chi connectivity index (χ1n) is 18.9. The Kier molecular flexibility index (Phi) is 7.24. The molecular weight excluding hydrogens is 735 g/mol. The van der Waals surface area contributed by atoms with Crippen molar-refractivity contribution in [2.75, 3.05) is 0 Å². The first-order valence-corrected chi connectivity index (χ1v) is 20.6. The first kappa shape index (κ1) is 32.3. The molecule has 0 fully saturated rings. The molecule has 0 bridgehead atoms. The Balaban J connectivity index is 1.10. The minimum atomic E-state index is 0.655. The molecule has 12 rings (SSSR count). The predicted octanol–water partition coefficient (Wildman–Crippen LogP) is 14.8. The highest BCUT2D eigenvalue weighted by Gasteiger charge is 2.21. The van der Waals surface area contributed by atoms with Gasteiger partial charge in [0, 0.05) is 67.8 Å². The molecule has 0 saturated carbocycles. The van der Waals surface area contributed by atoms with Crippen LogP contribution in [0.4, 0.5) is 0 Å². The summed E-state index contributed by atoms with van der Waals surface area (Å²) in [4.78, 5) is 15.2. The Morgan fingerprint density at radius 3 is 1.65 bits per heavy atom. The van der Waals surface area contributed by atoms with Crippen LogP contribution in [0, 0.1) is 0 Å². The number of para-hydroxylation sites is 1. The molecule has 8 aromatic carbocycles. The summed E-state index contributed by atoms with van der Waals surface area (Å²) in [6, 6.07) is 61.9. The summed E-state index contributed by atoms with van der Waals surface area (Å²) in [6.07, 6.45) is 0. The van der Waals surface area contributed by atoms with E-state index in [1.165, 1.54) is 57.9 Å². The van der Waals surface area contributed by atoms with Crippen molar-refractivity contribution in [2.45, 2.75) is 0 Å². The zero-order valence-electron chi connectivity index (χ0n) is 30.3. The fraction of sp³-hybridized carbons (Fsp3) is 0. The van der Waals surface area contributed by atoms with Gasteiger partial charge >= 0.3 is 0 Å². The van der Waals surface area contributed by atoms with Gasteiger partial charge in [-0.2, -0.15) is 0 Å². The van der Waals surface area contributed by atoms with Crippen LogP contribution in [0.25, 0.3) is 119 Å². The zero-order chi connectivity index (χ0) is 37.5. The highest BCUT2D eigenvalue weighted by Crippen LogP contribution is 2.49. The number of rotatable bonds is 5. The molecule has 4 nitrogen and oxygen atoms in total. The number of aromatic nitrogens is 3. The molecule has 4 aromatic heterocycles. The number of hydrogen-bond donors (Lipinski definition) is 0. The van der Waals surface area contributed by atoms with Gasteiger partial charge in [0.2, 0.25) is 0 Å². The minimum Gasteiger partial charge on any atom is -0.456 e. The fourth-order valence-corrected chi connectivity index (χ4v) is 10.9. The van der Waals surface area contributed by atoms with Gasteiger partial charge in [-0.1, -0.05) is 140 Å². The summed E-state index contributed by atoms with van der Waals surface area (Å²) < 4.78 is 11.3. The number of hydrogen-bond acceptors (Lipinski definition) is 6. The van der Waals surface area contributed by atoms with E-state index in [1.807, 2.05) is 65.1 Å². The topological polar surface area (TPSA) is 51.8 Å². The highest BCUT2D eigenvalue weighted by atomic mass is 32.1. The van der Waals surface area contributed by atoms with Gasteiger partial charge in [-0.15, -0.1) is 22.7 Å². The monoisotopic (exact) mass is 763 g/mol. The summed E-state index contributed by atoms with van der Waals surface area (Å²) >= 11 is 3.67. The number of furan rings is 1. The molecule has 4 heterocycles. The maximum Gasteiger partial charge on any atom is 0.165 e. The normalized spacial score (nSPS) is 11.9. The Labute approximate surface area is 335 Å². The van der Waals surface area contributed by atoms with Crippen molar-refractivity contribution in [2.24, 2.45) is 0 Å². The highest BCUT2D eigenvalue weighted by molar-refractivity contribution is 7.27. The molecule has 0 amide bonds. The van der Waals surface area contributed by atoms with Crippen molar-refractivity contribution in [3.63, 3.8) is 0 Å². The van der Waals surface area contributed by atoms with Crippen LogP contribution in [-0.4, -0.2) is 15.0 Å². The summed E-state index contributed by atoms with van der Waals surface area (Å²) in [5.41, 5.74) is 9.48. The second-order valence-corrected chi connectivity index (χ2v) is 16.4. The molecule has 0 N–H and O–H groups in total. The third-order valence-corrected chi connectivity index (χ3v) is 13.4. The second kappa shape index (κ2) is 12.8. The maximum atomic E-state index is 6.40. The van der Waals surface area contributed by atoms with E-state index >= 15 is 0 Å². The lowest BCUT2D eigenvalue weighted by molar-refractivity contribution is 0.669. The van der Waals surface area contributed by atoms with Gasteiger partial charge in [0.05, 0.1) is 0 Å². The van der Waals surface area contributed by atoms with E-state index < -0.39 is 0 Å². The van der Waals surface area contributed by atoms with Gasteiger partial charge < -0.3 is 4.42 Å². The molecule has 0 aliphatic rings. The smallest absolute Gasteiger partial charge is 0.165 e. The van der Waals surface area contributed by atoms with Gasteiger partial charge in [-0.05, 0) is 58.7 Å². The van der Waals surface area contributed by atoms with Gasteiger partial charge in [-0.25, -0.2) is 15.0 Å². The number of fused-ring (bicyclic) bond motifs is 9. The quantitative estimate of drug-likeness (QED) is 0.175. The summed E-state index contributed by atoms with van der Waals surface area (Å²) in [5, 5.41) is 7.24. The van der Waals surface area contributed by atoms with E-state index in [1.54, 1.807) is 0 Å². The molecule has 0 radical (unpaired) electrons. The van der Waals surface area contributed by atoms with Crippen LogP contribution < -0.4 is 0 Å². The number of benzene rings is 8. The van der Waals surface area contributed by atoms with Crippen molar-refractivity contribution in [1.29, 1.82) is 0 Å². The van der Waals surface area contributed by atoms with Crippen LogP contribution >= 0.6 is 22.7 Å². The molecule has 6 heteroatoms.